The van der Waals surface area contributed by atoms with Crippen LogP contribution in [0.2, 0.25) is 10.0 Å². The van der Waals surface area contributed by atoms with E-state index in [0.717, 1.165) is 5.56 Å². The van der Waals surface area contributed by atoms with Crippen molar-refractivity contribution in [3.05, 3.63) is 105 Å². The van der Waals surface area contributed by atoms with Gasteiger partial charge in [0.15, 0.2) is 6.29 Å². The molecule has 1 saturated heterocycles. The maximum atomic E-state index is 13.2. The maximum Gasteiger partial charge on any atom is 0.410 e. The molecule has 1 aliphatic rings. The lowest BCUT2D eigenvalue weighted by Gasteiger charge is -2.29. The highest BCUT2D eigenvalue weighted by atomic mass is 35.5. The van der Waals surface area contributed by atoms with Crippen molar-refractivity contribution >= 4 is 47.1 Å². The topological polar surface area (TPSA) is 132 Å². The number of pyridine rings is 2. The average Bonchev–Trinajstić information content (AvgIpc) is 3.52. The maximum absolute atomic E-state index is 13.2. The van der Waals surface area contributed by atoms with Crippen LogP contribution in [-0.2, 0) is 16.1 Å². The summed E-state index contributed by atoms with van der Waals surface area (Å²) in [6, 6.07) is 18.1. The van der Waals surface area contributed by atoms with E-state index >= 15 is 0 Å². The van der Waals surface area contributed by atoms with E-state index in [1.165, 1.54) is 17.7 Å². The van der Waals surface area contributed by atoms with Gasteiger partial charge in [-0.3, -0.25) is 18.8 Å². The lowest BCUT2D eigenvalue weighted by Crippen LogP contribution is -2.43. The molecule has 5 aromatic rings. The van der Waals surface area contributed by atoms with Gasteiger partial charge in [-0.05, 0) is 57.0 Å². The third kappa shape index (κ3) is 7.59. The number of fused-ring (bicyclic) bond motifs is 1. The van der Waals surface area contributed by atoms with E-state index in [0.29, 0.717) is 74.2 Å². The molecule has 1 fully saturated rings. The number of methoxy groups -OCH3 is 1. The summed E-state index contributed by atoms with van der Waals surface area (Å²) >= 11 is 14.1. The number of ether oxygens (including phenoxy) is 2. The first-order valence-electron chi connectivity index (χ1n) is 16.2. The highest BCUT2D eigenvalue weighted by molar-refractivity contribution is 6.39. The van der Waals surface area contributed by atoms with Gasteiger partial charge >= 0.3 is 6.09 Å². The van der Waals surface area contributed by atoms with E-state index in [-0.39, 0.29) is 30.6 Å². The van der Waals surface area contributed by atoms with Gasteiger partial charge in [-0.25, -0.2) is 14.8 Å². The van der Waals surface area contributed by atoms with Crippen molar-refractivity contribution in [2.24, 2.45) is 0 Å². The Hall–Kier alpha value is -5.26. The fourth-order valence-corrected chi connectivity index (χ4v) is 6.63. The van der Waals surface area contributed by atoms with Gasteiger partial charge in [-0.15, -0.1) is 0 Å². The van der Waals surface area contributed by atoms with E-state index in [4.69, 9.17) is 37.7 Å². The molecule has 6 rings (SSSR count). The Labute approximate surface area is 304 Å². The van der Waals surface area contributed by atoms with Crippen LogP contribution in [0.5, 0.6) is 5.88 Å². The number of nitrogens with zero attached hydrogens (tertiary/aromatic N) is 4. The van der Waals surface area contributed by atoms with Crippen LogP contribution in [0.25, 0.3) is 39.2 Å². The molecule has 1 unspecified atom stereocenters. The molecule has 11 nitrogen and oxygen atoms in total. The SMILES string of the molecule is COc1nc(-c2cccc(-c3cccc(-c4ccn5c(=O)c(C=O)cnc5c4)c3Cl)c2Cl)ccc1CN(CC1CCC(=O)N1)C(=O)OC(C)(C)C. The summed E-state index contributed by atoms with van der Waals surface area (Å²) < 4.78 is 12.7. The smallest absolute Gasteiger partial charge is 0.410 e. The predicted octanol–water partition coefficient (Wildman–Crippen LogP) is 7.23. The normalized spacial score (nSPS) is 14.3. The van der Waals surface area contributed by atoms with Crippen molar-refractivity contribution in [2.45, 2.75) is 51.8 Å². The minimum absolute atomic E-state index is 0.0325. The molecule has 0 saturated carbocycles. The number of hydrogen-bond acceptors (Lipinski definition) is 8. The van der Waals surface area contributed by atoms with Gasteiger partial charge in [0.1, 0.15) is 11.2 Å². The molecule has 1 N–H and O–H groups in total. The van der Waals surface area contributed by atoms with Gasteiger partial charge in [0.25, 0.3) is 5.56 Å². The zero-order chi connectivity index (χ0) is 36.4. The Kier molecular flexibility index (Phi) is 10.1. The van der Waals surface area contributed by atoms with Crippen LogP contribution in [-0.4, -0.2) is 62.9 Å². The molecule has 13 heteroatoms. The van der Waals surface area contributed by atoms with E-state index in [1.807, 2.05) is 48.5 Å². The number of aromatic nitrogens is 3. The molecular formula is C38H35Cl2N5O6. The summed E-state index contributed by atoms with van der Waals surface area (Å²) in [6.45, 7) is 5.82. The molecular weight excluding hydrogens is 693 g/mol. The lowest BCUT2D eigenvalue weighted by atomic mass is 9.97. The summed E-state index contributed by atoms with van der Waals surface area (Å²) in [4.78, 5) is 59.5. The standard InChI is InChI=1S/C38H35Cl2N5O6/c1-38(2,3)51-37(49)44(20-25-12-14-32(47)42-25)19-23-11-13-30(43-35(23)50-4)29-10-6-9-28(34(29)40)27-8-5-7-26(33(27)39)22-15-16-45-31(17-22)41-18-24(21-46)36(45)48/h5-11,13,15-18,21,25H,12,14,19-20H2,1-4H3,(H,42,47). The Morgan fingerprint density at radius 3 is 2.35 bits per heavy atom. The Morgan fingerprint density at radius 1 is 1.02 bits per heavy atom. The number of carbonyl (C=O) groups excluding carboxylic acids is 3. The van der Waals surface area contributed by atoms with Crippen molar-refractivity contribution < 1.29 is 23.9 Å². The van der Waals surface area contributed by atoms with Crippen molar-refractivity contribution in [1.82, 2.24) is 24.6 Å². The molecule has 4 heterocycles. The third-order valence-electron chi connectivity index (χ3n) is 8.41. The number of hydrogen-bond donors (Lipinski definition) is 1. The highest BCUT2D eigenvalue weighted by Gasteiger charge is 2.29. The van der Waals surface area contributed by atoms with Crippen molar-refractivity contribution in [1.29, 1.82) is 0 Å². The Morgan fingerprint density at radius 2 is 1.71 bits per heavy atom. The molecule has 3 aromatic heterocycles. The van der Waals surface area contributed by atoms with Gasteiger partial charge in [0.2, 0.25) is 11.8 Å². The van der Waals surface area contributed by atoms with Crippen LogP contribution in [0.15, 0.2) is 77.9 Å². The Balaban J connectivity index is 1.32. The lowest BCUT2D eigenvalue weighted by molar-refractivity contribution is -0.119. The summed E-state index contributed by atoms with van der Waals surface area (Å²) in [5.74, 6) is 0.265. The van der Waals surface area contributed by atoms with Gasteiger partial charge in [-0.2, -0.15) is 0 Å². The largest absolute Gasteiger partial charge is 0.481 e. The van der Waals surface area contributed by atoms with Gasteiger partial charge in [0.05, 0.1) is 35.0 Å². The fraction of sp³-hybridized carbons (Fsp3) is 0.263. The van der Waals surface area contributed by atoms with Gasteiger partial charge in [0, 0.05) is 59.2 Å². The minimum Gasteiger partial charge on any atom is -0.481 e. The summed E-state index contributed by atoms with van der Waals surface area (Å²) in [6.07, 6.45) is 3.82. The first-order valence-corrected chi connectivity index (χ1v) is 17.0. The molecule has 2 amide bonds. The van der Waals surface area contributed by atoms with Crippen LogP contribution >= 0.6 is 23.2 Å². The zero-order valence-electron chi connectivity index (χ0n) is 28.4. The molecule has 1 atom stereocenters. The van der Waals surface area contributed by atoms with Crippen LogP contribution < -0.4 is 15.6 Å². The van der Waals surface area contributed by atoms with Crippen molar-refractivity contribution in [2.75, 3.05) is 13.7 Å². The summed E-state index contributed by atoms with van der Waals surface area (Å²) in [5, 5.41) is 3.77. The van der Waals surface area contributed by atoms with Crippen molar-refractivity contribution in [3.63, 3.8) is 0 Å². The molecule has 0 aliphatic carbocycles. The molecule has 51 heavy (non-hydrogen) atoms. The highest BCUT2D eigenvalue weighted by Crippen LogP contribution is 2.42. The number of rotatable bonds is 9. The fourth-order valence-electron chi connectivity index (χ4n) is 5.97. The average molecular weight is 729 g/mol. The molecule has 2 aromatic carbocycles. The number of benzene rings is 2. The second kappa shape index (κ2) is 14.5. The van der Waals surface area contributed by atoms with Crippen LogP contribution in [0.1, 0.15) is 49.5 Å². The van der Waals surface area contributed by atoms with Gasteiger partial charge in [-0.1, -0.05) is 59.6 Å². The molecule has 0 bridgehead atoms. The van der Waals surface area contributed by atoms with E-state index in [9.17, 15) is 19.2 Å². The Bertz CT molecular complexity index is 2230. The quantitative estimate of drug-likeness (QED) is 0.157. The number of halogens is 2. The first kappa shape index (κ1) is 35.6. The zero-order valence-corrected chi connectivity index (χ0v) is 29.9. The van der Waals surface area contributed by atoms with Gasteiger partial charge < -0.3 is 19.7 Å². The number of aldehydes is 1. The second-order valence-electron chi connectivity index (χ2n) is 13.1. The summed E-state index contributed by atoms with van der Waals surface area (Å²) in [7, 11) is 1.51. The minimum atomic E-state index is -0.708. The number of nitrogens with one attached hydrogen (secondary N) is 1. The van der Waals surface area contributed by atoms with Crippen LogP contribution in [0, 0.1) is 0 Å². The molecule has 262 valence electrons. The second-order valence-corrected chi connectivity index (χ2v) is 13.9. The third-order valence-corrected chi connectivity index (χ3v) is 9.22. The van der Waals surface area contributed by atoms with E-state index in [2.05, 4.69) is 10.3 Å². The van der Waals surface area contributed by atoms with E-state index < -0.39 is 17.3 Å². The molecule has 0 spiro atoms. The number of amides is 2. The van der Waals surface area contributed by atoms with E-state index in [1.54, 1.807) is 44.0 Å². The molecule has 1 aliphatic heterocycles. The molecule has 0 radical (unpaired) electrons. The predicted molar refractivity (Wildman–Crippen MR) is 195 cm³/mol. The first-order chi connectivity index (χ1) is 24.4. The van der Waals surface area contributed by atoms with Crippen molar-refractivity contribution in [3.8, 4) is 39.4 Å². The monoisotopic (exact) mass is 727 g/mol. The van der Waals surface area contributed by atoms with Crippen LogP contribution in [0.3, 0.4) is 0 Å². The number of carbonyl (C=O) groups is 3. The van der Waals surface area contributed by atoms with Crippen LogP contribution in [0.4, 0.5) is 4.79 Å². The summed E-state index contributed by atoms with van der Waals surface area (Å²) in [5.41, 5.74) is 3.77.